The highest BCUT2D eigenvalue weighted by molar-refractivity contribution is 7.10. The molecule has 0 radical (unpaired) electrons. The Labute approximate surface area is 187 Å². The second kappa shape index (κ2) is 8.59. The number of amides is 1. The van der Waals surface area contributed by atoms with E-state index in [0.29, 0.717) is 25.4 Å². The zero-order chi connectivity index (χ0) is 22.2. The molecule has 3 heterocycles. The van der Waals surface area contributed by atoms with Gasteiger partial charge in [-0.3, -0.25) is 4.90 Å². The van der Waals surface area contributed by atoms with E-state index < -0.39 is 5.60 Å². The minimum Gasteiger partial charge on any atom is -0.494 e. The quantitative estimate of drug-likeness (QED) is 0.720. The van der Waals surface area contributed by atoms with Crippen LogP contribution >= 0.6 is 11.3 Å². The second-order valence-corrected chi connectivity index (χ2v) is 9.93. The van der Waals surface area contributed by atoms with Gasteiger partial charge in [0.1, 0.15) is 17.1 Å². The van der Waals surface area contributed by atoms with Crippen LogP contribution in [0.15, 0.2) is 17.5 Å². The number of rotatable bonds is 3. The van der Waals surface area contributed by atoms with Gasteiger partial charge in [-0.25, -0.2) is 4.79 Å². The number of nitrogens with zero attached hydrogens (tertiary/aromatic N) is 2. The molecule has 4 rings (SSSR count). The van der Waals surface area contributed by atoms with Gasteiger partial charge in [0.25, 0.3) is 0 Å². The molecule has 2 aromatic rings. The van der Waals surface area contributed by atoms with Crippen LogP contribution in [0, 0.1) is 0 Å². The fraction of sp³-hybridized carbons (Fsp3) is 0.522. The van der Waals surface area contributed by atoms with Crippen LogP contribution in [-0.4, -0.2) is 61.4 Å². The van der Waals surface area contributed by atoms with E-state index in [9.17, 15) is 4.79 Å². The van der Waals surface area contributed by atoms with Gasteiger partial charge in [0, 0.05) is 55.7 Å². The number of nitrogen functional groups attached to an aromatic ring is 1. The minimum absolute atomic E-state index is 0.234. The monoisotopic (exact) mass is 445 g/mol. The maximum atomic E-state index is 12.3. The number of methoxy groups -OCH3 is 1. The van der Waals surface area contributed by atoms with Gasteiger partial charge in [-0.15, -0.1) is 11.3 Å². The highest BCUT2D eigenvalue weighted by Gasteiger charge is 2.29. The molecule has 8 heteroatoms. The first kappa shape index (κ1) is 21.8. The lowest BCUT2D eigenvalue weighted by atomic mass is 9.97. The van der Waals surface area contributed by atoms with Crippen molar-refractivity contribution in [3.8, 4) is 22.6 Å². The molecule has 31 heavy (non-hydrogen) atoms. The number of hydrogen-bond acceptors (Lipinski definition) is 7. The van der Waals surface area contributed by atoms with Gasteiger partial charge in [0.05, 0.1) is 24.3 Å². The predicted molar refractivity (Wildman–Crippen MR) is 123 cm³/mol. The molecule has 0 atom stereocenters. The first-order valence-electron chi connectivity index (χ1n) is 10.7. The molecule has 7 nitrogen and oxygen atoms in total. The topological polar surface area (TPSA) is 77.3 Å². The third-order valence-electron chi connectivity index (χ3n) is 5.57. The lowest BCUT2D eigenvalue weighted by Gasteiger charge is -2.35. The van der Waals surface area contributed by atoms with Crippen LogP contribution in [0.25, 0.3) is 11.1 Å². The van der Waals surface area contributed by atoms with Crippen LogP contribution in [0.1, 0.15) is 31.2 Å². The molecule has 2 aliphatic heterocycles. The van der Waals surface area contributed by atoms with Crippen molar-refractivity contribution in [2.24, 2.45) is 0 Å². The zero-order valence-electron chi connectivity index (χ0n) is 18.7. The molecule has 168 valence electrons. The Morgan fingerprint density at radius 3 is 2.65 bits per heavy atom. The predicted octanol–water partition coefficient (Wildman–Crippen LogP) is 3.99. The first-order chi connectivity index (χ1) is 14.8. The number of fused-ring (bicyclic) bond motifs is 3. The SMILES string of the molecule is COc1c(N)ccc2c1-c1csc(CN3CCN(C(=O)OC(C)(C)C)CC3)c1OCC2. The minimum atomic E-state index is -0.471. The van der Waals surface area contributed by atoms with Gasteiger partial charge >= 0.3 is 6.09 Å². The highest BCUT2D eigenvalue weighted by Crippen LogP contribution is 2.48. The number of thiophene rings is 1. The zero-order valence-corrected chi connectivity index (χ0v) is 19.5. The Balaban J connectivity index is 1.48. The summed E-state index contributed by atoms with van der Waals surface area (Å²) < 4.78 is 17.3. The van der Waals surface area contributed by atoms with Crippen LogP contribution in [-0.2, 0) is 17.7 Å². The molecule has 0 bridgehead atoms. The van der Waals surface area contributed by atoms with Crippen molar-refractivity contribution in [2.45, 2.75) is 39.3 Å². The van der Waals surface area contributed by atoms with Crippen molar-refractivity contribution in [2.75, 3.05) is 45.6 Å². The molecule has 0 aliphatic carbocycles. The Kier molecular flexibility index (Phi) is 6.03. The molecular formula is C23H31N3O4S. The van der Waals surface area contributed by atoms with E-state index >= 15 is 0 Å². The Morgan fingerprint density at radius 1 is 1.23 bits per heavy atom. The third-order valence-corrected chi connectivity index (χ3v) is 6.53. The van der Waals surface area contributed by atoms with E-state index in [4.69, 9.17) is 19.9 Å². The van der Waals surface area contributed by atoms with E-state index in [1.807, 2.05) is 26.8 Å². The molecule has 0 saturated carbocycles. The Hall–Kier alpha value is -2.45. The van der Waals surface area contributed by atoms with Crippen LogP contribution in [0.3, 0.4) is 0 Å². The van der Waals surface area contributed by atoms with Gasteiger partial charge in [-0.05, 0) is 32.4 Å². The first-order valence-corrected chi connectivity index (χ1v) is 11.5. The number of hydrogen-bond donors (Lipinski definition) is 1. The molecule has 0 spiro atoms. The van der Waals surface area contributed by atoms with Gasteiger partial charge in [-0.1, -0.05) is 6.07 Å². The van der Waals surface area contributed by atoms with Crippen molar-refractivity contribution < 1.29 is 19.0 Å². The van der Waals surface area contributed by atoms with Crippen LogP contribution in [0.4, 0.5) is 10.5 Å². The number of piperazine rings is 1. The number of ether oxygens (including phenoxy) is 3. The second-order valence-electron chi connectivity index (χ2n) is 8.97. The normalized spacial score (nSPS) is 16.7. The van der Waals surface area contributed by atoms with E-state index in [0.717, 1.165) is 48.7 Å². The number of carbonyl (C=O) groups is 1. The van der Waals surface area contributed by atoms with Crippen molar-refractivity contribution in [1.82, 2.24) is 9.80 Å². The fourth-order valence-electron chi connectivity index (χ4n) is 4.07. The lowest BCUT2D eigenvalue weighted by Crippen LogP contribution is -2.49. The highest BCUT2D eigenvalue weighted by atomic mass is 32.1. The number of carbonyl (C=O) groups excluding carboxylic acids is 1. The number of nitrogens with two attached hydrogens (primary N) is 1. The summed E-state index contributed by atoms with van der Waals surface area (Å²) in [6, 6.07) is 3.97. The standard InChI is InChI=1S/C23H31N3O4S/c1-23(2,3)30-22(27)26-10-8-25(9-11-26)13-18-20-16(14-31-18)19-15(7-12-29-20)5-6-17(24)21(19)28-4/h5-6,14H,7-13,24H2,1-4H3. The van der Waals surface area contributed by atoms with Crippen molar-refractivity contribution >= 4 is 23.1 Å². The van der Waals surface area contributed by atoms with Crippen LogP contribution in [0.5, 0.6) is 11.5 Å². The average Bonchev–Trinajstić information content (AvgIpc) is 3.00. The smallest absolute Gasteiger partial charge is 0.410 e. The van der Waals surface area contributed by atoms with Gasteiger partial charge in [0.2, 0.25) is 0 Å². The van der Waals surface area contributed by atoms with Crippen molar-refractivity contribution in [3.63, 3.8) is 0 Å². The molecule has 1 amide bonds. The van der Waals surface area contributed by atoms with Crippen LogP contribution in [0.2, 0.25) is 0 Å². The number of anilines is 1. The van der Waals surface area contributed by atoms with Gasteiger partial charge < -0.3 is 24.8 Å². The summed E-state index contributed by atoms with van der Waals surface area (Å²) in [4.78, 5) is 17.7. The summed E-state index contributed by atoms with van der Waals surface area (Å²) >= 11 is 1.70. The third kappa shape index (κ3) is 4.60. The van der Waals surface area contributed by atoms with Crippen LogP contribution < -0.4 is 15.2 Å². The summed E-state index contributed by atoms with van der Waals surface area (Å²) in [5.41, 5.74) is 9.65. The molecule has 1 aromatic heterocycles. The van der Waals surface area contributed by atoms with Crippen molar-refractivity contribution in [1.29, 1.82) is 0 Å². The Bertz CT molecular complexity index is 958. The van der Waals surface area contributed by atoms with Crippen molar-refractivity contribution in [3.05, 3.63) is 28.0 Å². The number of benzene rings is 1. The van der Waals surface area contributed by atoms with E-state index in [1.54, 1.807) is 23.3 Å². The van der Waals surface area contributed by atoms with Gasteiger partial charge in [-0.2, -0.15) is 0 Å². The maximum Gasteiger partial charge on any atom is 0.410 e. The molecule has 2 N–H and O–H groups in total. The summed E-state index contributed by atoms with van der Waals surface area (Å²) in [6.07, 6.45) is 0.584. The summed E-state index contributed by atoms with van der Waals surface area (Å²) in [6.45, 7) is 10.0. The molecule has 2 aliphatic rings. The molecular weight excluding hydrogens is 414 g/mol. The van der Waals surface area contributed by atoms with E-state index in [-0.39, 0.29) is 6.09 Å². The van der Waals surface area contributed by atoms with E-state index in [2.05, 4.69) is 16.3 Å². The molecule has 0 unspecified atom stereocenters. The average molecular weight is 446 g/mol. The summed E-state index contributed by atoms with van der Waals surface area (Å²) in [7, 11) is 1.66. The molecule has 1 saturated heterocycles. The summed E-state index contributed by atoms with van der Waals surface area (Å²) in [5.74, 6) is 1.65. The molecule has 1 aromatic carbocycles. The van der Waals surface area contributed by atoms with Gasteiger partial charge in [0.15, 0.2) is 0 Å². The largest absolute Gasteiger partial charge is 0.494 e. The van der Waals surface area contributed by atoms with E-state index in [1.165, 1.54) is 10.4 Å². The fourth-order valence-corrected chi connectivity index (χ4v) is 5.09. The summed E-state index contributed by atoms with van der Waals surface area (Å²) in [5, 5.41) is 2.15. The maximum absolute atomic E-state index is 12.3. The molecule has 1 fully saturated rings. The Morgan fingerprint density at radius 2 is 1.97 bits per heavy atom. The lowest BCUT2D eigenvalue weighted by molar-refractivity contribution is 0.0139.